The van der Waals surface area contributed by atoms with E-state index in [4.69, 9.17) is 4.74 Å². The monoisotopic (exact) mass is 388 g/mol. The lowest BCUT2D eigenvalue weighted by Gasteiger charge is -2.26. The van der Waals surface area contributed by atoms with Crippen LogP contribution in [0.5, 0.6) is 0 Å². The molecule has 0 bridgehead atoms. The number of rotatable bonds is 6. The topological polar surface area (TPSA) is 75.7 Å². The van der Waals surface area contributed by atoms with Gasteiger partial charge in [0.25, 0.3) is 5.91 Å². The maximum absolute atomic E-state index is 12.8. The zero-order valence-corrected chi connectivity index (χ0v) is 16.1. The number of morpholine rings is 1. The third kappa shape index (κ3) is 4.74. The molecule has 27 heavy (non-hydrogen) atoms. The van der Waals surface area contributed by atoms with Crippen LogP contribution < -0.4 is 5.32 Å². The third-order valence-electron chi connectivity index (χ3n) is 4.64. The van der Waals surface area contributed by atoms with Gasteiger partial charge in [0.1, 0.15) is 0 Å². The minimum atomic E-state index is -3.62. The van der Waals surface area contributed by atoms with E-state index >= 15 is 0 Å². The molecule has 0 spiro atoms. The molecule has 2 aromatic carbocycles. The van der Waals surface area contributed by atoms with Gasteiger partial charge in [0.05, 0.1) is 18.1 Å². The smallest absolute Gasteiger partial charge is 0.251 e. The maximum Gasteiger partial charge on any atom is 0.251 e. The number of carbonyl (C=O) groups excluding carboxylic acids is 1. The Morgan fingerprint density at radius 3 is 2.52 bits per heavy atom. The van der Waals surface area contributed by atoms with E-state index in [1.807, 2.05) is 37.3 Å². The molecule has 0 radical (unpaired) electrons. The molecule has 1 N–H and O–H groups in total. The lowest BCUT2D eigenvalue weighted by atomic mass is 10.0. The van der Waals surface area contributed by atoms with Crippen LogP contribution in [0.15, 0.2) is 59.5 Å². The molecule has 3 rings (SSSR count). The van der Waals surface area contributed by atoms with E-state index in [2.05, 4.69) is 5.32 Å². The Kier molecular flexibility index (Phi) is 6.26. The fraction of sp³-hybridized carbons (Fsp3) is 0.350. The van der Waals surface area contributed by atoms with Crippen LogP contribution in [0.3, 0.4) is 0 Å². The zero-order valence-electron chi connectivity index (χ0n) is 15.3. The van der Waals surface area contributed by atoms with Gasteiger partial charge in [0.2, 0.25) is 10.0 Å². The molecule has 1 amide bonds. The van der Waals surface area contributed by atoms with Crippen molar-refractivity contribution in [3.63, 3.8) is 0 Å². The number of carbonyl (C=O) groups is 1. The first-order valence-corrected chi connectivity index (χ1v) is 10.4. The summed E-state index contributed by atoms with van der Waals surface area (Å²) < 4.78 is 32.1. The van der Waals surface area contributed by atoms with E-state index in [9.17, 15) is 13.2 Å². The molecule has 1 aliphatic rings. The van der Waals surface area contributed by atoms with Crippen molar-refractivity contribution in [3.8, 4) is 0 Å². The van der Waals surface area contributed by atoms with Gasteiger partial charge < -0.3 is 10.1 Å². The molecule has 1 aliphatic heterocycles. The Morgan fingerprint density at radius 2 is 1.81 bits per heavy atom. The Labute approximate surface area is 160 Å². The van der Waals surface area contributed by atoms with Crippen LogP contribution in [0.4, 0.5) is 0 Å². The molecule has 2 aromatic rings. The minimum Gasteiger partial charge on any atom is -0.379 e. The summed E-state index contributed by atoms with van der Waals surface area (Å²) in [5, 5.41) is 2.89. The Balaban J connectivity index is 1.68. The minimum absolute atomic E-state index is 0.133. The van der Waals surface area contributed by atoms with Crippen LogP contribution in [0, 0.1) is 0 Å². The van der Waals surface area contributed by atoms with Crippen LogP contribution in [0.1, 0.15) is 28.8 Å². The normalized spacial score (nSPS) is 16.6. The van der Waals surface area contributed by atoms with Crippen molar-refractivity contribution in [2.24, 2.45) is 0 Å². The summed E-state index contributed by atoms with van der Waals surface area (Å²) in [6.45, 7) is 3.94. The summed E-state index contributed by atoms with van der Waals surface area (Å²) in [6.07, 6.45) is 0. The highest BCUT2D eigenvalue weighted by Gasteiger charge is 2.26. The summed E-state index contributed by atoms with van der Waals surface area (Å²) in [6, 6.07) is 16.1. The van der Waals surface area contributed by atoms with Gasteiger partial charge in [-0.1, -0.05) is 43.3 Å². The van der Waals surface area contributed by atoms with Crippen molar-refractivity contribution >= 4 is 15.9 Å². The van der Waals surface area contributed by atoms with E-state index in [0.717, 1.165) is 5.56 Å². The van der Waals surface area contributed by atoms with E-state index < -0.39 is 10.0 Å². The molecule has 7 heteroatoms. The number of sulfonamides is 1. The highest BCUT2D eigenvalue weighted by molar-refractivity contribution is 7.89. The number of hydrogen-bond donors (Lipinski definition) is 1. The number of hydrogen-bond acceptors (Lipinski definition) is 4. The second-order valence-electron chi connectivity index (χ2n) is 6.57. The number of nitrogens with zero attached hydrogens (tertiary/aromatic N) is 1. The van der Waals surface area contributed by atoms with Crippen molar-refractivity contribution in [2.45, 2.75) is 17.7 Å². The van der Waals surface area contributed by atoms with Crippen LogP contribution in [0.2, 0.25) is 0 Å². The van der Waals surface area contributed by atoms with Crippen LogP contribution in [-0.2, 0) is 14.8 Å². The molecule has 0 saturated carbocycles. The lowest BCUT2D eigenvalue weighted by molar-refractivity contribution is 0.0730. The third-order valence-corrected chi connectivity index (χ3v) is 6.54. The molecule has 6 nitrogen and oxygen atoms in total. The van der Waals surface area contributed by atoms with Crippen molar-refractivity contribution < 1.29 is 17.9 Å². The van der Waals surface area contributed by atoms with Crippen molar-refractivity contribution in [1.82, 2.24) is 9.62 Å². The van der Waals surface area contributed by atoms with Gasteiger partial charge in [-0.2, -0.15) is 4.31 Å². The Morgan fingerprint density at radius 1 is 1.11 bits per heavy atom. The van der Waals surface area contributed by atoms with Gasteiger partial charge in [-0.25, -0.2) is 8.42 Å². The molecule has 1 atom stereocenters. The van der Waals surface area contributed by atoms with Gasteiger partial charge in [0.15, 0.2) is 0 Å². The molecular formula is C20H24N2O4S. The molecule has 1 saturated heterocycles. The summed E-state index contributed by atoms with van der Waals surface area (Å²) in [7, 11) is -3.62. The summed E-state index contributed by atoms with van der Waals surface area (Å²) in [5.41, 5.74) is 1.48. The number of benzene rings is 2. The average molecular weight is 388 g/mol. The predicted octanol–water partition coefficient (Wildman–Crippen LogP) is 2.24. The Bertz CT molecular complexity index is 878. The van der Waals surface area contributed by atoms with E-state index in [0.29, 0.717) is 38.4 Å². The largest absolute Gasteiger partial charge is 0.379 e. The van der Waals surface area contributed by atoms with Crippen LogP contribution >= 0.6 is 0 Å². The molecular weight excluding hydrogens is 364 g/mol. The average Bonchev–Trinajstić information content (AvgIpc) is 2.73. The number of nitrogens with one attached hydrogen (secondary N) is 1. The van der Waals surface area contributed by atoms with Crippen molar-refractivity contribution in [1.29, 1.82) is 0 Å². The van der Waals surface area contributed by atoms with Gasteiger partial charge in [0, 0.05) is 25.2 Å². The highest BCUT2D eigenvalue weighted by Crippen LogP contribution is 2.19. The standard InChI is InChI=1S/C20H24N2O4S/c1-16(17-6-3-2-4-7-17)15-21-20(23)18-8-5-9-19(14-18)27(24,25)22-10-12-26-13-11-22/h2-9,14,16H,10-13,15H2,1H3,(H,21,23)/t16-/m0/s1. The van der Waals surface area contributed by atoms with Gasteiger partial charge in [-0.3, -0.25) is 4.79 Å². The summed E-state index contributed by atoms with van der Waals surface area (Å²) in [5.74, 6) is -0.118. The SMILES string of the molecule is C[C@@H](CNC(=O)c1cccc(S(=O)(=O)N2CCOCC2)c1)c1ccccc1. The molecule has 1 fully saturated rings. The molecule has 0 aromatic heterocycles. The lowest BCUT2D eigenvalue weighted by Crippen LogP contribution is -2.40. The van der Waals surface area contributed by atoms with E-state index in [1.54, 1.807) is 12.1 Å². The second kappa shape index (κ2) is 8.65. The maximum atomic E-state index is 12.8. The van der Waals surface area contributed by atoms with Crippen LogP contribution in [-0.4, -0.2) is 51.5 Å². The fourth-order valence-electron chi connectivity index (χ4n) is 2.98. The second-order valence-corrected chi connectivity index (χ2v) is 8.50. The molecule has 0 unspecified atom stereocenters. The van der Waals surface area contributed by atoms with Gasteiger partial charge in [-0.05, 0) is 29.7 Å². The zero-order chi connectivity index (χ0) is 19.3. The predicted molar refractivity (Wildman–Crippen MR) is 103 cm³/mol. The first-order chi connectivity index (χ1) is 13.0. The van der Waals surface area contributed by atoms with E-state index in [-0.39, 0.29) is 16.7 Å². The molecule has 144 valence electrons. The van der Waals surface area contributed by atoms with Crippen LogP contribution in [0.25, 0.3) is 0 Å². The number of amides is 1. The van der Waals surface area contributed by atoms with E-state index in [1.165, 1.54) is 16.4 Å². The summed E-state index contributed by atoms with van der Waals surface area (Å²) >= 11 is 0. The summed E-state index contributed by atoms with van der Waals surface area (Å²) in [4.78, 5) is 12.6. The number of ether oxygens (including phenoxy) is 1. The molecule has 0 aliphatic carbocycles. The first kappa shape index (κ1) is 19.5. The van der Waals surface area contributed by atoms with Crippen molar-refractivity contribution in [3.05, 3.63) is 65.7 Å². The van der Waals surface area contributed by atoms with Gasteiger partial charge in [-0.15, -0.1) is 0 Å². The Hall–Kier alpha value is -2.22. The molecule has 1 heterocycles. The quantitative estimate of drug-likeness (QED) is 0.824. The van der Waals surface area contributed by atoms with Crippen molar-refractivity contribution in [2.75, 3.05) is 32.8 Å². The van der Waals surface area contributed by atoms with Gasteiger partial charge >= 0.3 is 0 Å². The highest BCUT2D eigenvalue weighted by atomic mass is 32.2. The first-order valence-electron chi connectivity index (χ1n) is 8.99. The fourth-order valence-corrected chi connectivity index (χ4v) is 4.44.